The van der Waals surface area contributed by atoms with Gasteiger partial charge in [0.25, 0.3) is 0 Å². The number of para-hydroxylation sites is 1. The van der Waals surface area contributed by atoms with Gasteiger partial charge in [0.15, 0.2) is 0 Å². The van der Waals surface area contributed by atoms with Gasteiger partial charge in [0.1, 0.15) is 5.75 Å². The van der Waals surface area contributed by atoms with Crippen molar-refractivity contribution in [2.75, 3.05) is 12.8 Å². The van der Waals surface area contributed by atoms with Gasteiger partial charge in [-0.25, -0.2) is 4.98 Å². The fraction of sp³-hybridized carbons (Fsp3) is 0.294. The first-order valence-electron chi connectivity index (χ1n) is 7.39. The molecule has 4 nitrogen and oxygen atoms in total. The van der Waals surface area contributed by atoms with Gasteiger partial charge < -0.3 is 10.0 Å². The van der Waals surface area contributed by atoms with Crippen molar-refractivity contribution < 1.29 is 23.1 Å². The van der Waals surface area contributed by atoms with Crippen LogP contribution in [0.3, 0.4) is 0 Å². The molecule has 0 saturated carbocycles. The Morgan fingerprint density at radius 1 is 1.28 bits per heavy atom. The molecule has 0 radical (unpaired) electrons. The second kappa shape index (κ2) is 7.77. The second-order valence-electron chi connectivity index (χ2n) is 5.41. The number of phenols is 1. The minimum Gasteiger partial charge on any atom is -0.508 e. The zero-order chi connectivity index (χ0) is 18.6. The molecule has 2 rings (SSSR count). The number of amides is 1. The van der Waals surface area contributed by atoms with Crippen LogP contribution in [0.2, 0.25) is 0 Å². The molecule has 1 aromatic carbocycles. The van der Waals surface area contributed by atoms with Crippen molar-refractivity contribution in [2.45, 2.75) is 24.2 Å². The molecule has 0 aliphatic heterocycles. The van der Waals surface area contributed by atoms with Crippen LogP contribution in [0.4, 0.5) is 13.2 Å². The third kappa shape index (κ3) is 4.88. The maximum Gasteiger partial charge on any atom is 0.417 e. The first-order chi connectivity index (χ1) is 11.7. The van der Waals surface area contributed by atoms with Crippen LogP contribution >= 0.6 is 11.8 Å². The molecular weight excluding hydrogens is 353 g/mol. The fourth-order valence-electron chi connectivity index (χ4n) is 2.14. The molecule has 2 aromatic rings. The number of nitrogens with zero attached hydrogens (tertiary/aromatic N) is 2. The summed E-state index contributed by atoms with van der Waals surface area (Å²) in [6, 6.07) is 8.58. The highest BCUT2D eigenvalue weighted by atomic mass is 32.2. The molecule has 0 unspecified atom stereocenters. The highest BCUT2D eigenvalue weighted by Gasteiger charge is 2.30. The number of benzene rings is 1. The van der Waals surface area contributed by atoms with Crippen LogP contribution < -0.4 is 0 Å². The Morgan fingerprint density at radius 2 is 1.96 bits per heavy atom. The normalized spacial score (nSPS) is 12.7. The van der Waals surface area contributed by atoms with Crippen molar-refractivity contribution in [1.29, 1.82) is 0 Å². The standard InChI is InChI=1S/C17H17F3N2O2S/c1-11(13-5-3-4-6-14(13)23)22(2)16(24)10-25-15-8-7-12(9-21-15)17(18,19)20/h3-9,11,23H,10H2,1-2H3/t11-/m1/s1. The number of pyridine rings is 1. The molecule has 1 aromatic heterocycles. The molecule has 1 amide bonds. The Morgan fingerprint density at radius 3 is 2.52 bits per heavy atom. The average molecular weight is 370 g/mol. The Labute approximate surface area is 147 Å². The van der Waals surface area contributed by atoms with Crippen LogP contribution in [0.15, 0.2) is 47.6 Å². The molecular formula is C17H17F3N2O2S. The number of rotatable bonds is 5. The summed E-state index contributed by atoms with van der Waals surface area (Å²) < 4.78 is 37.5. The average Bonchev–Trinajstić information content (AvgIpc) is 2.58. The number of phenolic OH excluding ortho intramolecular Hbond substituents is 1. The summed E-state index contributed by atoms with van der Waals surface area (Å²) in [5.74, 6) is -0.0820. The van der Waals surface area contributed by atoms with Crippen molar-refractivity contribution in [3.8, 4) is 5.75 Å². The molecule has 25 heavy (non-hydrogen) atoms. The molecule has 1 heterocycles. The SMILES string of the molecule is C[C@H](c1ccccc1O)N(C)C(=O)CSc1ccc(C(F)(F)F)cn1. The van der Waals surface area contributed by atoms with E-state index in [1.807, 2.05) is 0 Å². The van der Waals surface area contributed by atoms with Crippen molar-refractivity contribution in [3.63, 3.8) is 0 Å². The Bertz CT molecular complexity index is 735. The maximum absolute atomic E-state index is 12.5. The van der Waals surface area contributed by atoms with E-state index >= 15 is 0 Å². The van der Waals surface area contributed by atoms with E-state index in [-0.39, 0.29) is 23.5 Å². The minimum atomic E-state index is -4.43. The molecule has 134 valence electrons. The minimum absolute atomic E-state index is 0.0345. The van der Waals surface area contributed by atoms with Crippen LogP contribution in [-0.4, -0.2) is 33.7 Å². The van der Waals surface area contributed by atoms with Gasteiger partial charge in [-0.05, 0) is 25.1 Å². The fourth-order valence-corrected chi connectivity index (χ4v) is 2.90. The van der Waals surface area contributed by atoms with E-state index in [4.69, 9.17) is 0 Å². The van der Waals surface area contributed by atoms with E-state index in [9.17, 15) is 23.1 Å². The van der Waals surface area contributed by atoms with Gasteiger partial charge >= 0.3 is 6.18 Å². The number of alkyl halides is 3. The second-order valence-corrected chi connectivity index (χ2v) is 6.41. The van der Waals surface area contributed by atoms with Gasteiger partial charge in [0.05, 0.1) is 22.4 Å². The number of hydrogen-bond donors (Lipinski definition) is 1. The summed E-state index contributed by atoms with van der Waals surface area (Å²) in [7, 11) is 1.61. The molecule has 0 aliphatic rings. The van der Waals surface area contributed by atoms with Gasteiger partial charge in [-0.1, -0.05) is 30.0 Å². The molecule has 0 saturated heterocycles. The van der Waals surface area contributed by atoms with E-state index in [0.717, 1.165) is 24.0 Å². The van der Waals surface area contributed by atoms with Gasteiger partial charge in [-0.2, -0.15) is 13.2 Å². The quantitative estimate of drug-likeness (QED) is 0.805. The van der Waals surface area contributed by atoms with Gasteiger partial charge in [-0.3, -0.25) is 4.79 Å². The molecule has 0 fully saturated rings. The first-order valence-corrected chi connectivity index (χ1v) is 8.38. The maximum atomic E-state index is 12.5. The molecule has 1 N–H and O–H groups in total. The number of aromatic nitrogens is 1. The van der Waals surface area contributed by atoms with E-state index < -0.39 is 11.7 Å². The lowest BCUT2D eigenvalue weighted by molar-refractivity contribution is -0.138. The lowest BCUT2D eigenvalue weighted by Crippen LogP contribution is -2.31. The molecule has 1 atom stereocenters. The summed E-state index contributed by atoms with van der Waals surface area (Å²) in [6.07, 6.45) is -3.68. The van der Waals surface area contributed by atoms with Crippen LogP contribution in [0.5, 0.6) is 5.75 Å². The lowest BCUT2D eigenvalue weighted by Gasteiger charge is -2.25. The summed E-state index contributed by atoms with van der Waals surface area (Å²) in [6.45, 7) is 1.79. The third-order valence-electron chi connectivity index (χ3n) is 3.77. The number of aromatic hydroxyl groups is 1. The third-order valence-corrected chi connectivity index (χ3v) is 4.70. The first kappa shape index (κ1) is 19.1. The van der Waals surface area contributed by atoms with Crippen molar-refractivity contribution in [1.82, 2.24) is 9.88 Å². The van der Waals surface area contributed by atoms with Crippen LogP contribution in [0.1, 0.15) is 24.1 Å². The number of thioether (sulfide) groups is 1. The predicted octanol–water partition coefficient (Wildman–Crippen LogP) is 4.12. The molecule has 0 aliphatic carbocycles. The summed E-state index contributed by atoms with van der Waals surface area (Å²) >= 11 is 1.06. The predicted molar refractivity (Wildman–Crippen MR) is 89.3 cm³/mol. The highest BCUT2D eigenvalue weighted by Crippen LogP contribution is 2.30. The molecule has 0 spiro atoms. The Balaban J connectivity index is 1.96. The zero-order valence-corrected chi connectivity index (χ0v) is 14.4. The number of hydrogen-bond acceptors (Lipinski definition) is 4. The van der Waals surface area contributed by atoms with Crippen LogP contribution in [0.25, 0.3) is 0 Å². The smallest absolute Gasteiger partial charge is 0.417 e. The van der Waals surface area contributed by atoms with Crippen LogP contribution in [0, 0.1) is 0 Å². The van der Waals surface area contributed by atoms with E-state index in [1.165, 1.54) is 11.0 Å². The summed E-state index contributed by atoms with van der Waals surface area (Å²) in [5.41, 5.74) is -0.204. The zero-order valence-electron chi connectivity index (χ0n) is 13.6. The van der Waals surface area contributed by atoms with Crippen molar-refractivity contribution >= 4 is 17.7 Å². The molecule has 0 bridgehead atoms. The molecule has 8 heteroatoms. The summed E-state index contributed by atoms with van der Waals surface area (Å²) in [4.78, 5) is 17.5. The number of carbonyl (C=O) groups excluding carboxylic acids is 1. The summed E-state index contributed by atoms with van der Waals surface area (Å²) in [5, 5.41) is 10.2. The topological polar surface area (TPSA) is 53.4 Å². The monoisotopic (exact) mass is 370 g/mol. The largest absolute Gasteiger partial charge is 0.508 e. The van der Waals surface area contributed by atoms with E-state index in [0.29, 0.717) is 10.6 Å². The van der Waals surface area contributed by atoms with Gasteiger partial charge in [0.2, 0.25) is 5.91 Å². The lowest BCUT2D eigenvalue weighted by atomic mass is 10.1. The number of halogens is 3. The van der Waals surface area contributed by atoms with E-state index in [1.54, 1.807) is 38.2 Å². The van der Waals surface area contributed by atoms with Crippen molar-refractivity contribution in [3.05, 3.63) is 53.7 Å². The van der Waals surface area contributed by atoms with Gasteiger partial charge in [0, 0.05) is 18.8 Å². The highest BCUT2D eigenvalue weighted by molar-refractivity contribution is 7.99. The van der Waals surface area contributed by atoms with Crippen LogP contribution in [-0.2, 0) is 11.0 Å². The Kier molecular flexibility index (Phi) is 5.94. The Hall–Kier alpha value is -2.22. The van der Waals surface area contributed by atoms with E-state index in [2.05, 4.69) is 4.98 Å². The number of carbonyl (C=O) groups is 1. The van der Waals surface area contributed by atoms with Gasteiger partial charge in [-0.15, -0.1) is 0 Å². The van der Waals surface area contributed by atoms with Crippen molar-refractivity contribution in [2.24, 2.45) is 0 Å².